The van der Waals surface area contributed by atoms with Crippen molar-refractivity contribution in [1.29, 1.82) is 0 Å². The van der Waals surface area contributed by atoms with E-state index in [1.165, 1.54) is 0 Å². The molecule has 6 nitrogen and oxygen atoms in total. The van der Waals surface area contributed by atoms with Crippen molar-refractivity contribution in [3.05, 3.63) is 27.8 Å². The molecule has 0 bridgehead atoms. The molecule has 0 aromatic carbocycles. The van der Waals surface area contributed by atoms with Gasteiger partial charge in [0.2, 0.25) is 0 Å². The zero-order valence-electron chi connectivity index (χ0n) is 11.7. The summed E-state index contributed by atoms with van der Waals surface area (Å²) in [7, 11) is 3.86. The van der Waals surface area contributed by atoms with Crippen LogP contribution in [0.15, 0.2) is 10.7 Å². The fourth-order valence-corrected chi connectivity index (χ4v) is 2.73. The largest absolute Gasteiger partial charge is 0.304 e. The van der Waals surface area contributed by atoms with Crippen LogP contribution < -0.4 is 5.32 Å². The smallest absolute Gasteiger partial charge is 0.153 e. The molecule has 0 spiro atoms. The summed E-state index contributed by atoms with van der Waals surface area (Å²) in [6, 6.07) is 2.12. The van der Waals surface area contributed by atoms with Gasteiger partial charge >= 0.3 is 0 Å². The fourth-order valence-electron chi connectivity index (χ4n) is 2.18. The third kappa shape index (κ3) is 2.87. The first kappa shape index (κ1) is 14.2. The Morgan fingerprint density at radius 1 is 1.37 bits per heavy atom. The number of hydrogen-bond donors (Lipinski definition) is 1. The molecular weight excluding hydrogens is 308 g/mol. The van der Waals surface area contributed by atoms with Crippen molar-refractivity contribution in [2.75, 3.05) is 6.54 Å². The number of aromatic nitrogens is 5. The highest BCUT2D eigenvalue weighted by molar-refractivity contribution is 9.10. The van der Waals surface area contributed by atoms with Crippen molar-refractivity contribution in [2.45, 2.75) is 26.3 Å². The minimum absolute atomic E-state index is 0.0283. The van der Waals surface area contributed by atoms with Crippen LogP contribution in [0.3, 0.4) is 0 Å². The van der Waals surface area contributed by atoms with Crippen LogP contribution in [0.4, 0.5) is 0 Å². The molecule has 2 aromatic rings. The van der Waals surface area contributed by atoms with E-state index >= 15 is 0 Å². The predicted octanol–water partition coefficient (Wildman–Crippen LogP) is 1.71. The van der Waals surface area contributed by atoms with Crippen LogP contribution in [-0.4, -0.2) is 31.3 Å². The molecule has 0 saturated heterocycles. The normalized spacial score (nSPS) is 12.9. The van der Waals surface area contributed by atoms with Crippen molar-refractivity contribution < 1.29 is 0 Å². The topological polar surface area (TPSA) is 60.6 Å². The Balaban J connectivity index is 2.44. The maximum atomic E-state index is 4.42. The van der Waals surface area contributed by atoms with E-state index in [0.717, 1.165) is 34.7 Å². The van der Waals surface area contributed by atoms with Crippen molar-refractivity contribution in [1.82, 2.24) is 30.1 Å². The Morgan fingerprint density at radius 2 is 2.11 bits per heavy atom. The summed E-state index contributed by atoms with van der Waals surface area (Å²) in [6.45, 7) is 5.07. The van der Waals surface area contributed by atoms with E-state index in [0.29, 0.717) is 0 Å². The van der Waals surface area contributed by atoms with Crippen LogP contribution in [0.5, 0.6) is 0 Å². The Hall–Kier alpha value is -1.21. The lowest BCUT2D eigenvalue weighted by Crippen LogP contribution is -2.27. The summed E-state index contributed by atoms with van der Waals surface area (Å²) in [5, 5.41) is 16.1. The van der Waals surface area contributed by atoms with E-state index < -0.39 is 0 Å². The lowest BCUT2D eigenvalue weighted by Gasteiger charge is -2.19. The molecule has 2 aromatic heterocycles. The summed E-state index contributed by atoms with van der Waals surface area (Å²) in [5.74, 6) is 0. The predicted molar refractivity (Wildman–Crippen MR) is 76.8 cm³/mol. The molecule has 0 aliphatic carbocycles. The molecule has 2 heterocycles. The Morgan fingerprint density at radius 3 is 2.58 bits per heavy atom. The highest BCUT2D eigenvalue weighted by Crippen LogP contribution is 2.26. The summed E-state index contributed by atoms with van der Waals surface area (Å²) in [4.78, 5) is 0. The third-order valence-corrected chi connectivity index (χ3v) is 3.60. The first-order valence-electron chi connectivity index (χ1n) is 6.33. The summed E-state index contributed by atoms with van der Waals surface area (Å²) in [6.07, 6.45) is 1.07. The number of nitrogens with zero attached hydrogens (tertiary/aromatic N) is 5. The Bertz CT molecular complexity index is 539. The third-order valence-electron chi connectivity index (χ3n) is 3.03. The second kappa shape index (κ2) is 5.83. The fraction of sp³-hybridized carbons (Fsp3) is 0.583. The minimum atomic E-state index is 0.0283. The van der Waals surface area contributed by atoms with Crippen LogP contribution in [0.25, 0.3) is 0 Å². The van der Waals surface area contributed by atoms with Gasteiger partial charge in [-0.25, -0.2) is 4.68 Å². The number of halogens is 1. The molecule has 0 fully saturated rings. The first-order valence-corrected chi connectivity index (χ1v) is 7.12. The summed E-state index contributed by atoms with van der Waals surface area (Å²) < 4.78 is 4.46. The van der Waals surface area contributed by atoms with E-state index in [9.17, 15) is 0 Å². The second-order valence-electron chi connectivity index (χ2n) is 4.61. The van der Waals surface area contributed by atoms with Gasteiger partial charge in [-0.05, 0) is 41.9 Å². The number of hydrogen-bond acceptors (Lipinski definition) is 4. The highest BCUT2D eigenvalue weighted by Gasteiger charge is 2.24. The number of rotatable bonds is 5. The molecular formula is C12H19BrN6. The minimum Gasteiger partial charge on any atom is -0.304 e. The van der Waals surface area contributed by atoms with Gasteiger partial charge in [0, 0.05) is 14.1 Å². The molecule has 2 rings (SSSR count). The van der Waals surface area contributed by atoms with Gasteiger partial charge in [0.05, 0.1) is 23.1 Å². The monoisotopic (exact) mass is 326 g/mol. The Kier molecular flexibility index (Phi) is 4.36. The zero-order chi connectivity index (χ0) is 14.0. The maximum Gasteiger partial charge on any atom is 0.153 e. The van der Waals surface area contributed by atoms with Gasteiger partial charge in [0.1, 0.15) is 0 Å². The molecule has 104 valence electrons. The molecule has 1 N–H and O–H groups in total. The molecule has 19 heavy (non-hydrogen) atoms. The molecule has 0 saturated carbocycles. The van der Waals surface area contributed by atoms with Crippen LogP contribution in [-0.2, 0) is 14.1 Å². The molecule has 1 atom stereocenters. The molecule has 0 radical (unpaired) electrons. The summed E-state index contributed by atoms with van der Waals surface area (Å²) in [5.41, 5.74) is 3.13. The van der Waals surface area contributed by atoms with E-state index in [1.54, 1.807) is 4.68 Å². The van der Waals surface area contributed by atoms with Crippen LogP contribution >= 0.6 is 15.9 Å². The Labute approximate surface area is 121 Å². The van der Waals surface area contributed by atoms with Gasteiger partial charge in [0.25, 0.3) is 0 Å². The van der Waals surface area contributed by atoms with Gasteiger partial charge in [-0.15, -0.1) is 5.10 Å². The summed E-state index contributed by atoms with van der Waals surface area (Å²) >= 11 is 3.47. The quantitative estimate of drug-likeness (QED) is 0.908. The average Bonchev–Trinajstić information content (AvgIpc) is 2.85. The lowest BCUT2D eigenvalue weighted by molar-refractivity contribution is 0.517. The van der Waals surface area contributed by atoms with Crippen molar-refractivity contribution in [3.8, 4) is 0 Å². The van der Waals surface area contributed by atoms with E-state index in [-0.39, 0.29) is 6.04 Å². The van der Waals surface area contributed by atoms with Gasteiger partial charge in [0.15, 0.2) is 4.60 Å². The molecule has 0 aliphatic rings. The second-order valence-corrected chi connectivity index (χ2v) is 5.36. The van der Waals surface area contributed by atoms with Gasteiger partial charge in [-0.1, -0.05) is 12.1 Å². The van der Waals surface area contributed by atoms with Crippen molar-refractivity contribution in [2.24, 2.45) is 14.1 Å². The van der Waals surface area contributed by atoms with E-state index in [1.807, 2.05) is 25.7 Å². The lowest BCUT2D eigenvalue weighted by atomic mass is 10.1. The zero-order valence-corrected chi connectivity index (χ0v) is 13.3. The molecule has 7 heteroatoms. The standard InChI is InChI=1S/C12H19BrN6/c1-5-6-14-10(9-7-8(2)16-18(9)3)11-12(13)15-17-19(11)4/h7,10,14H,5-6H2,1-4H3. The van der Waals surface area contributed by atoms with E-state index in [4.69, 9.17) is 0 Å². The van der Waals surface area contributed by atoms with Gasteiger partial charge in [-0.3, -0.25) is 4.68 Å². The van der Waals surface area contributed by atoms with Crippen molar-refractivity contribution >= 4 is 15.9 Å². The van der Waals surface area contributed by atoms with Crippen LogP contribution in [0, 0.1) is 6.92 Å². The SMILES string of the molecule is CCCNC(c1cc(C)nn1C)c1c(Br)nnn1C. The number of aryl methyl sites for hydroxylation is 3. The van der Waals surface area contributed by atoms with Crippen molar-refractivity contribution in [3.63, 3.8) is 0 Å². The molecule has 1 unspecified atom stereocenters. The average molecular weight is 327 g/mol. The van der Waals surface area contributed by atoms with Crippen LogP contribution in [0.1, 0.15) is 36.5 Å². The van der Waals surface area contributed by atoms with Gasteiger partial charge in [-0.2, -0.15) is 5.10 Å². The number of nitrogens with one attached hydrogen (secondary N) is 1. The van der Waals surface area contributed by atoms with Gasteiger partial charge < -0.3 is 5.32 Å². The molecule has 0 aliphatic heterocycles. The first-order chi connectivity index (χ1) is 9.04. The highest BCUT2D eigenvalue weighted by atomic mass is 79.9. The van der Waals surface area contributed by atoms with Crippen LogP contribution in [0.2, 0.25) is 0 Å². The molecule has 0 amide bonds. The van der Waals surface area contributed by atoms with E-state index in [2.05, 4.69) is 49.6 Å². The maximum absolute atomic E-state index is 4.42.